The zero-order chi connectivity index (χ0) is 18.6. The average molecular weight is 405 g/mol. The SMILES string of the molecule is CC(=O)Nc1ccc(S(=O)(=O)N(C)CC(=O)N2CCNC[C@H]2C)cc1.Cl. The van der Waals surface area contributed by atoms with E-state index >= 15 is 0 Å². The summed E-state index contributed by atoms with van der Waals surface area (Å²) < 4.78 is 26.3. The van der Waals surface area contributed by atoms with Gasteiger partial charge in [-0.2, -0.15) is 4.31 Å². The standard InChI is InChI=1S/C16H24N4O4S.ClH/c1-12-10-17-8-9-20(12)16(22)11-19(3)25(23,24)15-6-4-14(5-7-15)18-13(2)21;/h4-7,12,17H,8-11H2,1-3H3,(H,18,21);1H/t12-;/m1./s1. The van der Waals surface area contributed by atoms with Gasteiger partial charge in [0.2, 0.25) is 21.8 Å². The van der Waals surface area contributed by atoms with Crippen LogP contribution in [0.2, 0.25) is 0 Å². The number of nitrogens with zero attached hydrogens (tertiary/aromatic N) is 2. The summed E-state index contributed by atoms with van der Waals surface area (Å²) in [6.45, 7) is 5.07. The largest absolute Gasteiger partial charge is 0.336 e. The first kappa shape index (κ1) is 22.4. The minimum atomic E-state index is -3.78. The van der Waals surface area contributed by atoms with Gasteiger partial charge in [0.15, 0.2) is 0 Å². The summed E-state index contributed by atoms with van der Waals surface area (Å²) in [5.41, 5.74) is 0.514. The summed E-state index contributed by atoms with van der Waals surface area (Å²) in [6, 6.07) is 5.89. The summed E-state index contributed by atoms with van der Waals surface area (Å²) in [4.78, 5) is 25.2. The van der Waals surface area contributed by atoms with E-state index in [0.717, 1.165) is 4.31 Å². The van der Waals surface area contributed by atoms with Gasteiger partial charge < -0.3 is 15.5 Å². The zero-order valence-corrected chi connectivity index (χ0v) is 16.7. The van der Waals surface area contributed by atoms with Crippen molar-refractivity contribution in [3.05, 3.63) is 24.3 Å². The molecule has 1 fully saturated rings. The molecule has 1 aromatic rings. The molecule has 2 N–H and O–H groups in total. The Hall–Kier alpha value is -1.68. The maximum atomic E-state index is 12.6. The molecule has 0 unspecified atom stereocenters. The maximum absolute atomic E-state index is 12.6. The van der Waals surface area contributed by atoms with Crippen LogP contribution in [0.1, 0.15) is 13.8 Å². The summed E-state index contributed by atoms with van der Waals surface area (Å²) in [5.74, 6) is -0.446. The van der Waals surface area contributed by atoms with E-state index in [1.54, 1.807) is 4.90 Å². The quantitative estimate of drug-likeness (QED) is 0.744. The molecule has 1 atom stereocenters. The minimum Gasteiger partial charge on any atom is -0.336 e. The molecule has 1 aromatic carbocycles. The molecule has 2 rings (SSSR count). The Bertz CT molecular complexity index is 739. The van der Waals surface area contributed by atoms with Crippen molar-refractivity contribution in [1.82, 2.24) is 14.5 Å². The van der Waals surface area contributed by atoms with E-state index in [2.05, 4.69) is 10.6 Å². The maximum Gasteiger partial charge on any atom is 0.243 e. The van der Waals surface area contributed by atoms with Crippen LogP contribution < -0.4 is 10.6 Å². The number of benzene rings is 1. The zero-order valence-electron chi connectivity index (χ0n) is 15.1. The first-order valence-corrected chi connectivity index (χ1v) is 9.50. The van der Waals surface area contributed by atoms with Gasteiger partial charge in [0.25, 0.3) is 0 Å². The van der Waals surface area contributed by atoms with Gasteiger partial charge in [-0.3, -0.25) is 9.59 Å². The average Bonchev–Trinajstić information content (AvgIpc) is 2.55. The summed E-state index contributed by atoms with van der Waals surface area (Å²) >= 11 is 0. The number of likely N-dealkylation sites (N-methyl/N-ethyl adjacent to an activating group) is 1. The third-order valence-corrected chi connectivity index (χ3v) is 5.88. The molecular formula is C16H25ClN4O4S. The van der Waals surface area contributed by atoms with E-state index in [4.69, 9.17) is 0 Å². The highest BCUT2D eigenvalue weighted by atomic mass is 35.5. The normalized spacial score (nSPS) is 17.5. The molecule has 0 saturated carbocycles. The fourth-order valence-electron chi connectivity index (χ4n) is 2.67. The number of halogens is 1. The van der Waals surface area contributed by atoms with Crippen LogP contribution in [0.4, 0.5) is 5.69 Å². The molecule has 10 heteroatoms. The number of piperazine rings is 1. The van der Waals surface area contributed by atoms with Gasteiger partial charge in [-0.05, 0) is 31.2 Å². The Labute approximate surface area is 160 Å². The highest BCUT2D eigenvalue weighted by Gasteiger charge is 2.28. The van der Waals surface area contributed by atoms with Crippen LogP contribution >= 0.6 is 12.4 Å². The molecule has 1 heterocycles. The lowest BCUT2D eigenvalue weighted by molar-refractivity contribution is -0.134. The first-order chi connectivity index (χ1) is 11.7. The van der Waals surface area contributed by atoms with E-state index < -0.39 is 10.0 Å². The number of carbonyl (C=O) groups excluding carboxylic acids is 2. The van der Waals surface area contributed by atoms with Gasteiger partial charge in [0.05, 0.1) is 11.4 Å². The Morgan fingerprint density at radius 3 is 2.46 bits per heavy atom. The molecular weight excluding hydrogens is 380 g/mol. The molecule has 0 aromatic heterocycles. The van der Waals surface area contributed by atoms with Crippen LogP contribution in [-0.4, -0.2) is 68.7 Å². The minimum absolute atomic E-state index is 0. The predicted molar refractivity (Wildman–Crippen MR) is 102 cm³/mol. The van der Waals surface area contributed by atoms with E-state index in [0.29, 0.717) is 25.3 Å². The van der Waals surface area contributed by atoms with Crippen LogP contribution in [0.3, 0.4) is 0 Å². The summed E-state index contributed by atoms with van der Waals surface area (Å²) in [7, 11) is -2.39. The number of rotatable bonds is 5. The predicted octanol–water partition coefficient (Wildman–Crippen LogP) is 0.508. The molecule has 1 saturated heterocycles. The molecule has 2 amide bonds. The van der Waals surface area contributed by atoms with Crippen molar-refractivity contribution in [2.24, 2.45) is 0 Å². The molecule has 0 spiro atoms. The van der Waals surface area contributed by atoms with Crippen LogP contribution in [0.15, 0.2) is 29.2 Å². The molecule has 8 nitrogen and oxygen atoms in total. The topological polar surface area (TPSA) is 98.8 Å². The Morgan fingerprint density at radius 1 is 1.31 bits per heavy atom. The van der Waals surface area contributed by atoms with Gasteiger partial charge in [0, 0.05) is 45.3 Å². The summed E-state index contributed by atoms with van der Waals surface area (Å²) in [6.07, 6.45) is 0. The highest BCUT2D eigenvalue weighted by molar-refractivity contribution is 7.89. The lowest BCUT2D eigenvalue weighted by atomic mass is 10.2. The number of sulfonamides is 1. The smallest absolute Gasteiger partial charge is 0.243 e. The number of nitrogens with one attached hydrogen (secondary N) is 2. The molecule has 0 aliphatic carbocycles. The van der Waals surface area contributed by atoms with E-state index in [9.17, 15) is 18.0 Å². The van der Waals surface area contributed by atoms with Crippen LogP contribution in [-0.2, 0) is 19.6 Å². The lowest BCUT2D eigenvalue weighted by Crippen LogP contribution is -2.54. The van der Waals surface area contributed by atoms with Gasteiger partial charge in [-0.1, -0.05) is 0 Å². The second kappa shape index (κ2) is 9.31. The molecule has 146 valence electrons. The van der Waals surface area contributed by atoms with E-state index in [-0.39, 0.29) is 41.7 Å². The van der Waals surface area contributed by atoms with Crippen LogP contribution in [0, 0.1) is 0 Å². The summed E-state index contributed by atoms with van der Waals surface area (Å²) in [5, 5.41) is 5.77. The number of carbonyl (C=O) groups is 2. The second-order valence-electron chi connectivity index (χ2n) is 6.11. The highest BCUT2D eigenvalue weighted by Crippen LogP contribution is 2.18. The second-order valence-corrected chi connectivity index (χ2v) is 8.15. The van der Waals surface area contributed by atoms with Crippen LogP contribution in [0.25, 0.3) is 0 Å². The Morgan fingerprint density at radius 2 is 1.92 bits per heavy atom. The monoisotopic (exact) mass is 404 g/mol. The Balaban J connectivity index is 0.00000338. The van der Waals surface area contributed by atoms with Gasteiger partial charge in [0.1, 0.15) is 0 Å². The fourth-order valence-corrected chi connectivity index (χ4v) is 3.79. The third kappa shape index (κ3) is 5.41. The van der Waals surface area contributed by atoms with Crippen molar-refractivity contribution in [3.63, 3.8) is 0 Å². The number of hydrogen-bond acceptors (Lipinski definition) is 5. The van der Waals surface area contributed by atoms with Gasteiger partial charge in [-0.25, -0.2) is 8.42 Å². The molecule has 0 bridgehead atoms. The van der Waals surface area contributed by atoms with Crippen molar-refractivity contribution in [1.29, 1.82) is 0 Å². The number of hydrogen-bond donors (Lipinski definition) is 2. The van der Waals surface area contributed by atoms with Crippen molar-refractivity contribution < 1.29 is 18.0 Å². The molecule has 1 aliphatic heterocycles. The number of anilines is 1. The van der Waals surface area contributed by atoms with E-state index in [1.165, 1.54) is 38.2 Å². The molecule has 1 aliphatic rings. The van der Waals surface area contributed by atoms with Crippen LogP contribution in [0.5, 0.6) is 0 Å². The van der Waals surface area contributed by atoms with Gasteiger partial charge >= 0.3 is 0 Å². The lowest BCUT2D eigenvalue weighted by Gasteiger charge is -2.34. The third-order valence-electron chi connectivity index (χ3n) is 4.06. The molecule has 0 radical (unpaired) electrons. The van der Waals surface area contributed by atoms with Crippen molar-refractivity contribution in [2.75, 3.05) is 38.5 Å². The molecule has 26 heavy (non-hydrogen) atoms. The van der Waals surface area contributed by atoms with Crippen molar-refractivity contribution in [3.8, 4) is 0 Å². The number of amides is 2. The van der Waals surface area contributed by atoms with E-state index in [1.807, 2.05) is 6.92 Å². The Kier molecular flexibility index (Phi) is 8.01. The first-order valence-electron chi connectivity index (χ1n) is 8.06. The fraction of sp³-hybridized carbons (Fsp3) is 0.500. The van der Waals surface area contributed by atoms with Crippen molar-refractivity contribution in [2.45, 2.75) is 24.8 Å². The van der Waals surface area contributed by atoms with Crippen molar-refractivity contribution >= 4 is 39.9 Å². The van der Waals surface area contributed by atoms with Gasteiger partial charge in [-0.15, -0.1) is 12.4 Å².